The molecule has 0 spiro atoms. The third-order valence-corrected chi connectivity index (χ3v) is 5.90. The molecule has 0 saturated carbocycles. The molecule has 3 aromatic carbocycles. The molecule has 31 heavy (non-hydrogen) atoms. The van der Waals surface area contributed by atoms with Gasteiger partial charge >= 0.3 is 5.97 Å². The second-order valence-corrected chi connectivity index (χ2v) is 8.36. The van der Waals surface area contributed by atoms with E-state index >= 15 is 0 Å². The Hall–Kier alpha value is -3.31. The number of esters is 1. The number of ether oxygens (including phenoxy) is 1. The van der Waals surface area contributed by atoms with Gasteiger partial charge in [-0.3, -0.25) is 0 Å². The van der Waals surface area contributed by atoms with Crippen LogP contribution in [-0.2, 0) is 16.9 Å². The third kappa shape index (κ3) is 3.55. The first-order chi connectivity index (χ1) is 14.9. The number of anilines is 2. The SMILES string of the molecule is CNCc1ccc(C2(c3ccc(N(C)C)cc3)OC(=O)c3cc(N(C)C)ccc32)cc1. The van der Waals surface area contributed by atoms with E-state index in [0.717, 1.165) is 34.6 Å². The van der Waals surface area contributed by atoms with Crippen molar-refractivity contribution >= 4 is 17.3 Å². The minimum Gasteiger partial charge on any atom is -0.441 e. The molecule has 3 aromatic rings. The van der Waals surface area contributed by atoms with Crippen molar-refractivity contribution < 1.29 is 9.53 Å². The molecule has 0 fully saturated rings. The summed E-state index contributed by atoms with van der Waals surface area (Å²) in [4.78, 5) is 17.1. The lowest BCUT2D eigenvalue weighted by Crippen LogP contribution is -2.29. The van der Waals surface area contributed by atoms with Gasteiger partial charge in [-0.05, 0) is 36.9 Å². The summed E-state index contributed by atoms with van der Waals surface area (Å²) in [6.45, 7) is 0.785. The Morgan fingerprint density at radius 3 is 1.90 bits per heavy atom. The van der Waals surface area contributed by atoms with Gasteiger partial charge in [0.1, 0.15) is 0 Å². The Labute approximate surface area is 184 Å². The number of nitrogens with zero attached hydrogens (tertiary/aromatic N) is 2. The van der Waals surface area contributed by atoms with Crippen molar-refractivity contribution in [2.75, 3.05) is 45.0 Å². The van der Waals surface area contributed by atoms with Crippen molar-refractivity contribution in [1.29, 1.82) is 0 Å². The maximum atomic E-state index is 13.1. The molecule has 0 amide bonds. The maximum Gasteiger partial charge on any atom is 0.340 e. The fourth-order valence-electron chi connectivity index (χ4n) is 4.19. The summed E-state index contributed by atoms with van der Waals surface area (Å²) in [5.74, 6) is -0.297. The monoisotopic (exact) mass is 415 g/mol. The Morgan fingerprint density at radius 2 is 1.35 bits per heavy atom. The molecule has 0 bridgehead atoms. The van der Waals surface area contributed by atoms with E-state index in [1.807, 2.05) is 58.3 Å². The van der Waals surface area contributed by atoms with Crippen LogP contribution in [0.5, 0.6) is 0 Å². The van der Waals surface area contributed by atoms with Crippen LogP contribution in [0.1, 0.15) is 32.6 Å². The van der Waals surface area contributed by atoms with Gasteiger partial charge < -0.3 is 19.9 Å². The molecule has 1 aliphatic heterocycles. The highest BCUT2D eigenvalue weighted by Crippen LogP contribution is 2.48. The Morgan fingerprint density at radius 1 is 0.806 bits per heavy atom. The second kappa shape index (κ2) is 8.08. The van der Waals surface area contributed by atoms with Crippen LogP contribution in [-0.4, -0.2) is 41.2 Å². The summed E-state index contributed by atoms with van der Waals surface area (Å²) >= 11 is 0. The lowest BCUT2D eigenvalue weighted by Gasteiger charge is -2.31. The Kier molecular flexibility index (Phi) is 5.46. The number of nitrogens with one attached hydrogen (secondary N) is 1. The molecule has 1 heterocycles. The zero-order chi connectivity index (χ0) is 22.2. The molecule has 0 saturated heterocycles. The van der Waals surface area contributed by atoms with Gasteiger partial charge in [-0.2, -0.15) is 0 Å². The van der Waals surface area contributed by atoms with Gasteiger partial charge in [0.25, 0.3) is 0 Å². The first-order valence-corrected chi connectivity index (χ1v) is 10.4. The number of carbonyl (C=O) groups is 1. The predicted molar refractivity (Wildman–Crippen MR) is 126 cm³/mol. The minimum absolute atomic E-state index is 0.297. The summed E-state index contributed by atoms with van der Waals surface area (Å²) < 4.78 is 6.24. The van der Waals surface area contributed by atoms with Gasteiger partial charge in [-0.15, -0.1) is 0 Å². The van der Waals surface area contributed by atoms with E-state index in [1.165, 1.54) is 5.56 Å². The fraction of sp³-hybridized carbons (Fsp3) is 0.269. The van der Waals surface area contributed by atoms with Crippen molar-refractivity contribution in [2.45, 2.75) is 12.1 Å². The van der Waals surface area contributed by atoms with E-state index in [4.69, 9.17) is 4.74 Å². The molecule has 0 aliphatic carbocycles. The predicted octanol–water partition coefficient (Wildman–Crippen LogP) is 4.00. The molecule has 0 aromatic heterocycles. The van der Waals surface area contributed by atoms with Crippen LogP contribution in [0.4, 0.5) is 11.4 Å². The average Bonchev–Trinajstić information content (AvgIpc) is 3.07. The summed E-state index contributed by atoms with van der Waals surface area (Å²) in [5, 5.41) is 3.18. The zero-order valence-corrected chi connectivity index (χ0v) is 18.8. The second-order valence-electron chi connectivity index (χ2n) is 8.36. The van der Waals surface area contributed by atoms with Gasteiger partial charge in [0, 0.05) is 62.8 Å². The van der Waals surface area contributed by atoms with Gasteiger partial charge in [-0.25, -0.2) is 4.79 Å². The van der Waals surface area contributed by atoms with Crippen molar-refractivity contribution in [3.63, 3.8) is 0 Å². The molecular formula is C26H29N3O2. The van der Waals surface area contributed by atoms with E-state index in [1.54, 1.807) is 0 Å². The standard InChI is InChI=1S/C26H29N3O2/c1-27-17-18-6-8-19(9-7-18)26(20-10-12-21(13-11-20)28(2)3)24-15-14-22(29(4)5)16-23(24)25(30)31-26/h6-16,27H,17H2,1-5H3. The number of benzene rings is 3. The Balaban J connectivity index is 1.92. The van der Waals surface area contributed by atoms with Gasteiger partial charge in [-0.1, -0.05) is 42.5 Å². The van der Waals surface area contributed by atoms with E-state index in [-0.39, 0.29) is 5.97 Å². The number of fused-ring (bicyclic) bond motifs is 1. The summed E-state index contributed by atoms with van der Waals surface area (Å²) in [6, 6.07) is 22.5. The molecule has 1 aliphatic rings. The molecule has 1 atom stereocenters. The zero-order valence-electron chi connectivity index (χ0n) is 18.8. The van der Waals surface area contributed by atoms with Crippen molar-refractivity contribution in [2.24, 2.45) is 0 Å². The topological polar surface area (TPSA) is 44.8 Å². The minimum atomic E-state index is -0.972. The van der Waals surface area contributed by atoms with Crippen LogP contribution >= 0.6 is 0 Å². The van der Waals surface area contributed by atoms with E-state index in [0.29, 0.717) is 5.56 Å². The molecular weight excluding hydrogens is 386 g/mol. The summed E-state index contributed by atoms with van der Waals surface area (Å²) in [5.41, 5.74) is 5.63. The van der Waals surface area contributed by atoms with Crippen molar-refractivity contribution in [1.82, 2.24) is 5.32 Å². The third-order valence-electron chi connectivity index (χ3n) is 5.90. The smallest absolute Gasteiger partial charge is 0.340 e. The van der Waals surface area contributed by atoms with Crippen LogP contribution in [0.15, 0.2) is 66.7 Å². The molecule has 1 unspecified atom stereocenters. The quantitative estimate of drug-likeness (QED) is 0.617. The molecule has 5 heteroatoms. The van der Waals surface area contributed by atoms with Crippen LogP contribution in [0.3, 0.4) is 0 Å². The summed E-state index contributed by atoms with van der Waals surface area (Å²) in [7, 11) is 9.89. The molecule has 0 radical (unpaired) electrons. The Bertz CT molecular complexity index is 1090. The number of carbonyl (C=O) groups excluding carboxylic acids is 1. The van der Waals surface area contributed by atoms with Gasteiger partial charge in [0.2, 0.25) is 0 Å². The molecule has 1 N–H and O–H groups in total. The first kappa shape index (κ1) is 20.9. The number of rotatable bonds is 6. The van der Waals surface area contributed by atoms with Crippen LogP contribution in [0.2, 0.25) is 0 Å². The normalized spacial score (nSPS) is 17.3. The number of hydrogen-bond acceptors (Lipinski definition) is 5. The van der Waals surface area contributed by atoms with Crippen LogP contribution < -0.4 is 15.1 Å². The lowest BCUT2D eigenvalue weighted by molar-refractivity contribution is 0.0251. The van der Waals surface area contributed by atoms with E-state index < -0.39 is 5.60 Å². The largest absolute Gasteiger partial charge is 0.441 e. The lowest BCUT2D eigenvalue weighted by atomic mass is 9.79. The van der Waals surface area contributed by atoms with E-state index in [2.05, 4.69) is 58.7 Å². The number of cyclic esters (lactones) is 1. The van der Waals surface area contributed by atoms with E-state index in [9.17, 15) is 4.79 Å². The number of hydrogen-bond donors (Lipinski definition) is 1. The van der Waals surface area contributed by atoms with Crippen molar-refractivity contribution in [3.8, 4) is 0 Å². The van der Waals surface area contributed by atoms with Crippen molar-refractivity contribution in [3.05, 3.63) is 94.5 Å². The van der Waals surface area contributed by atoms with Crippen LogP contribution in [0.25, 0.3) is 0 Å². The highest BCUT2D eigenvalue weighted by atomic mass is 16.6. The van der Waals surface area contributed by atoms with Gasteiger partial charge in [0.05, 0.1) is 5.56 Å². The molecule has 4 rings (SSSR count). The maximum absolute atomic E-state index is 13.1. The molecule has 5 nitrogen and oxygen atoms in total. The van der Waals surface area contributed by atoms with Gasteiger partial charge in [0.15, 0.2) is 5.60 Å². The van der Waals surface area contributed by atoms with Crippen LogP contribution in [0, 0.1) is 0 Å². The highest BCUT2D eigenvalue weighted by molar-refractivity contribution is 5.97. The summed E-state index contributed by atoms with van der Waals surface area (Å²) in [6.07, 6.45) is 0. The molecule has 160 valence electrons. The fourth-order valence-corrected chi connectivity index (χ4v) is 4.19. The first-order valence-electron chi connectivity index (χ1n) is 10.4. The highest BCUT2D eigenvalue weighted by Gasteiger charge is 2.48. The average molecular weight is 416 g/mol.